The Bertz CT molecular complexity index is 1890. The molecule has 1 aliphatic carbocycles. The predicted octanol–water partition coefficient (Wildman–Crippen LogP) is 7.06. The highest BCUT2D eigenvalue weighted by Gasteiger charge is 2.38. The van der Waals surface area contributed by atoms with Gasteiger partial charge < -0.3 is 10.6 Å². The monoisotopic (exact) mass is 540 g/mol. The van der Waals surface area contributed by atoms with Gasteiger partial charge in [-0.2, -0.15) is 0 Å². The number of nitrogens with one attached hydrogen (secondary N) is 2. The molecule has 0 bridgehead atoms. The normalized spacial score (nSPS) is 14.7. The number of pyridine rings is 1. The number of thiazole rings is 1. The van der Waals surface area contributed by atoms with Crippen molar-refractivity contribution in [2.45, 2.75) is 24.8 Å². The third-order valence-electron chi connectivity index (χ3n) is 8.08. The molecule has 194 valence electrons. The van der Waals surface area contributed by atoms with Crippen molar-refractivity contribution in [3.05, 3.63) is 96.7 Å². The lowest BCUT2D eigenvalue weighted by Gasteiger charge is -2.42. The molecule has 0 saturated heterocycles. The topological polar surface area (TPSA) is 84.7 Å². The summed E-state index contributed by atoms with van der Waals surface area (Å²) in [5, 5.41) is 7.47. The summed E-state index contributed by atoms with van der Waals surface area (Å²) < 4.78 is 3.33. The summed E-state index contributed by atoms with van der Waals surface area (Å²) in [6.07, 6.45) is 5.63. The first-order valence-corrected chi connectivity index (χ1v) is 14.2. The van der Waals surface area contributed by atoms with E-state index >= 15 is 0 Å². The number of carbonyl (C=O) groups excluding carboxylic acids is 1. The Labute approximate surface area is 234 Å². The molecule has 2 N–H and O–H groups in total. The van der Waals surface area contributed by atoms with E-state index in [1.54, 1.807) is 17.5 Å². The molecule has 1 aliphatic heterocycles. The molecule has 7 nitrogen and oxygen atoms in total. The van der Waals surface area contributed by atoms with Crippen molar-refractivity contribution in [2.75, 3.05) is 5.32 Å². The summed E-state index contributed by atoms with van der Waals surface area (Å²) in [5.74, 6) is 1.60. The number of carbonyl (C=O) groups is 1. The molecule has 4 heterocycles. The number of amides is 1. The highest BCUT2D eigenvalue weighted by molar-refractivity contribution is 7.21. The summed E-state index contributed by atoms with van der Waals surface area (Å²) in [7, 11) is 0. The minimum Gasteiger partial charge on any atom is -0.349 e. The molecule has 2 aliphatic rings. The lowest BCUT2D eigenvalue weighted by molar-refractivity contribution is -0.112. The van der Waals surface area contributed by atoms with Gasteiger partial charge in [-0.3, -0.25) is 9.36 Å². The summed E-state index contributed by atoms with van der Waals surface area (Å²) >= 11 is 1.65. The number of imidazole rings is 1. The summed E-state index contributed by atoms with van der Waals surface area (Å²) in [4.78, 5) is 26.4. The molecule has 0 unspecified atom stereocenters. The number of anilines is 2. The van der Waals surface area contributed by atoms with Crippen LogP contribution in [0.15, 0.2) is 91.1 Å². The van der Waals surface area contributed by atoms with E-state index in [0.29, 0.717) is 0 Å². The second-order valence-electron chi connectivity index (χ2n) is 10.3. The van der Waals surface area contributed by atoms with Crippen LogP contribution in [0.2, 0.25) is 0 Å². The van der Waals surface area contributed by atoms with Crippen LogP contribution in [-0.4, -0.2) is 25.9 Å². The maximum absolute atomic E-state index is 11.4. The zero-order valence-electron chi connectivity index (χ0n) is 21.5. The van der Waals surface area contributed by atoms with Crippen LogP contribution in [0, 0.1) is 0 Å². The molecule has 0 radical (unpaired) electrons. The molecule has 1 amide bonds. The smallest absolute Gasteiger partial charge is 0.207 e. The molecule has 40 heavy (non-hydrogen) atoms. The first-order valence-electron chi connectivity index (χ1n) is 13.4. The summed E-state index contributed by atoms with van der Waals surface area (Å²) in [6.45, 7) is 0. The summed E-state index contributed by atoms with van der Waals surface area (Å²) in [5.41, 5.74) is 7.49. The maximum atomic E-state index is 11.4. The van der Waals surface area contributed by atoms with Gasteiger partial charge >= 0.3 is 0 Å². The fraction of sp³-hybridized carbons (Fsp3) is 0.125. The highest BCUT2D eigenvalue weighted by atomic mass is 32.1. The first-order chi connectivity index (χ1) is 19.7. The molecule has 0 atom stereocenters. The van der Waals surface area contributed by atoms with Crippen LogP contribution in [0.1, 0.15) is 24.8 Å². The van der Waals surface area contributed by atoms with Gasteiger partial charge in [0.15, 0.2) is 5.82 Å². The van der Waals surface area contributed by atoms with Crippen molar-refractivity contribution in [1.82, 2.24) is 24.8 Å². The molecule has 0 spiro atoms. The van der Waals surface area contributed by atoms with Crippen LogP contribution >= 0.6 is 11.3 Å². The van der Waals surface area contributed by atoms with Crippen LogP contribution < -0.4 is 10.6 Å². The fourth-order valence-corrected chi connectivity index (χ4v) is 6.88. The lowest BCUT2D eigenvalue weighted by atomic mass is 9.72. The number of nitrogens with zero attached hydrogens (tertiary/aromatic N) is 4. The molecular weight excluding hydrogens is 516 g/mol. The van der Waals surface area contributed by atoms with E-state index in [2.05, 4.69) is 63.7 Å². The van der Waals surface area contributed by atoms with Gasteiger partial charge in [0.25, 0.3) is 0 Å². The number of hydrogen-bond acceptors (Lipinski definition) is 6. The van der Waals surface area contributed by atoms with Gasteiger partial charge in [0.05, 0.1) is 32.8 Å². The van der Waals surface area contributed by atoms with Gasteiger partial charge in [-0.15, -0.1) is 11.3 Å². The number of para-hydroxylation sites is 2. The van der Waals surface area contributed by atoms with Gasteiger partial charge in [0.2, 0.25) is 6.41 Å². The fourth-order valence-electron chi connectivity index (χ4n) is 5.92. The Morgan fingerprint density at radius 2 is 1.75 bits per heavy atom. The quantitative estimate of drug-likeness (QED) is 0.228. The van der Waals surface area contributed by atoms with Crippen LogP contribution in [0.25, 0.3) is 49.3 Å². The van der Waals surface area contributed by atoms with Crippen LogP contribution in [-0.2, 0) is 10.3 Å². The first kappa shape index (κ1) is 23.1. The van der Waals surface area contributed by atoms with E-state index in [9.17, 15) is 4.79 Å². The predicted molar refractivity (Wildman–Crippen MR) is 159 cm³/mol. The number of aromatic nitrogens is 4. The van der Waals surface area contributed by atoms with E-state index in [4.69, 9.17) is 15.0 Å². The van der Waals surface area contributed by atoms with Crippen LogP contribution in [0.5, 0.6) is 0 Å². The lowest BCUT2D eigenvalue weighted by Crippen LogP contribution is -2.47. The third kappa shape index (κ3) is 3.42. The van der Waals surface area contributed by atoms with Gasteiger partial charge in [0.1, 0.15) is 16.5 Å². The second kappa shape index (κ2) is 8.86. The minimum absolute atomic E-state index is 0.274. The van der Waals surface area contributed by atoms with Crippen molar-refractivity contribution >= 4 is 39.5 Å². The Morgan fingerprint density at radius 1 is 0.925 bits per heavy atom. The molecule has 3 aromatic carbocycles. The third-order valence-corrected chi connectivity index (χ3v) is 9.12. The SMILES string of the molecule is O=CNC1(c2ccc(-c3c(-c4nc5ccccc5s4)nc4n3-c3cccnc3Nc3ccccc3-4)cc2)CCC1. The second-order valence-corrected chi connectivity index (χ2v) is 11.3. The average molecular weight is 541 g/mol. The molecule has 1 fully saturated rings. The zero-order chi connectivity index (χ0) is 26.7. The van der Waals surface area contributed by atoms with E-state index < -0.39 is 0 Å². The van der Waals surface area contributed by atoms with Crippen molar-refractivity contribution in [3.8, 4) is 39.0 Å². The van der Waals surface area contributed by atoms with Crippen molar-refractivity contribution in [2.24, 2.45) is 0 Å². The van der Waals surface area contributed by atoms with Gasteiger partial charge in [-0.1, -0.05) is 48.5 Å². The van der Waals surface area contributed by atoms with Gasteiger partial charge in [0, 0.05) is 17.3 Å². The summed E-state index contributed by atoms with van der Waals surface area (Å²) in [6, 6.07) is 29.0. The molecule has 8 rings (SSSR count). The average Bonchev–Trinajstić information content (AvgIpc) is 3.55. The molecule has 6 aromatic rings. The molecule has 3 aromatic heterocycles. The van der Waals surface area contributed by atoms with E-state index in [1.165, 1.54) is 0 Å². The number of rotatable bonds is 5. The van der Waals surface area contributed by atoms with E-state index in [-0.39, 0.29) is 5.54 Å². The van der Waals surface area contributed by atoms with E-state index in [0.717, 1.165) is 92.0 Å². The molecule has 1 saturated carbocycles. The van der Waals surface area contributed by atoms with E-state index in [1.807, 2.05) is 36.4 Å². The van der Waals surface area contributed by atoms with Crippen molar-refractivity contribution in [1.29, 1.82) is 0 Å². The van der Waals surface area contributed by atoms with Crippen molar-refractivity contribution in [3.63, 3.8) is 0 Å². The number of hydrogen-bond donors (Lipinski definition) is 2. The largest absolute Gasteiger partial charge is 0.349 e. The van der Waals surface area contributed by atoms with Crippen LogP contribution in [0.4, 0.5) is 11.5 Å². The highest BCUT2D eigenvalue weighted by Crippen LogP contribution is 2.46. The Balaban J connectivity index is 1.41. The van der Waals surface area contributed by atoms with Crippen LogP contribution in [0.3, 0.4) is 0 Å². The molecular formula is C32H24N6OS. The Morgan fingerprint density at radius 3 is 2.55 bits per heavy atom. The molecule has 8 heteroatoms. The maximum Gasteiger partial charge on any atom is 0.207 e. The Kier molecular flexibility index (Phi) is 5.12. The standard InChI is InChI=1S/C32H24N6OS/c39-19-34-32(16-6-17-32)21-14-12-20(13-15-21)28-27(31-36-24-9-3-4-11-26(24)40-31)37-30-22-7-1-2-8-23(22)35-29-25(38(28)30)10-5-18-33-29/h1-5,7-15,18-19H,6,16-17H2,(H,33,35)(H,34,39). The number of fused-ring (bicyclic) bond motifs is 6. The van der Waals surface area contributed by atoms with Gasteiger partial charge in [-0.05, 0) is 61.2 Å². The zero-order valence-corrected chi connectivity index (χ0v) is 22.3. The van der Waals surface area contributed by atoms with Gasteiger partial charge in [-0.25, -0.2) is 15.0 Å². The Hall–Kier alpha value is -4.82. The van der Waals surface area contributed by atoms with Crippen molar-refractivity contribution < 1.29 is 4.79 Å². The minimum atomic E-state index is -0.274. The number of benzene rings is 3.